The predicted molar refractivity (Wildman–Crippen MR) is 72.7 cm³/mol. The SMILES string of the molecule is CCn1ccnc(Oc2ccc(Cl)c(C(=O)O)c2)c1=O. The monoisotopic (exact) mass is 294 g/mol. The number of hydrogen-bond donors (Lipinski definition) is 1. The average Bonchev–Trinajstić information content (AvgIpc) is 2.43. The van der Waals surface area contributed by atoms with Crippen molar-refractivity contribution in [1.82, 2.24) is 9.55 Å². The number of ether oxygens (including phenoxy) is 1. The third kappa shape index (κ3) is 2.80. The first-order chi connectivity index (χ1) is 9.52. The number of aromatic carboxylic acids is 1. The fourth-order valence-electron chi connectivity index (χ4n) is 1.59. The molecule has 2 aromatic rings. The summed E-state index contributed by atoms with van der Waals surface area (Å²) in [6.45, 7) is 2.30. The quantitative estimate of drug-likeness (QED) is 0.936. The van der Waals surface area contributed by atoms with Crippen molar-refractivity contribution in [1.29, 1.82) is 0 Å². The van der Waals surface area contributed by atoms with Crippen molar-refractivity contribution < 1.29 is 14.6 Å². The summed E-state index contributed by atoms with van der Waals surface area (Å²) in [6, 6.07) is 4.11. The number of benzene rings is 1. The third-order valence-corrected chi connectivity index (χ3v) is 2.94. The Labute approximate surface area is 119 Å². The lowest BCUT2D eigenvalue weighted by Crippen LogP contribution is -2.20. The van der Waals surface area contributed by atoms with Crippen molar-refractivity contribution >= 4 is 17.6 Å². The van der Waals surface area contributed by atoms with Crippen LogP contribution in [0.3, 0.4) is 0 Å². The van der Waals surface area contributed by atoms with Gasteiger partial charge in [0.15, 0.2) is 0 Å². The molecule has 7 heteroatoms. The molecular weight excluding hydrogens is 284 g/mol. The highest BCUT2D eigenvalue weighted by atomic mass is 35.5. The molecule has 0 saturated carbocycles. The summed E-state index contributed by atoms with van der Waals surface area (Å²) in [6.07, 6.45) is 2.98. The number of aromatic nitrogens is 2. The molecule has 0 spiro atoms. The van der Waals surface area contributed by atoms with E-state index in [1.54, 1.807) is 6.20 Å². The lowest BCUT2D eigenvalue weighted by molar-refractivity contribution is 0.0696. The van der Waals surface area contributed by atoms with Crippen molar-refractivity contribution in [3.05, 3.63) is 51.5 Å². The van der Waals surface area contributed by atoms with Crippen molar-refractivity contribution in [2.24, 2.45) is 0 Å². The maximum Gasteiger partial charge on any atom is 0.337 e. The van der Waals surface area contributed by atoms with Gasteiger partial charge in [-0.3, -0.25) is 4.79 Å². The summed E-state index contributed by atoms with van der Waals surface area (Å²) < 4.78 is 6.76. The third-order valence-electron chi connectivity index (χ3n) is 2.61. The van der Waals surface area contributed by atoms with E-state index in [-0.39, 0.29) is 27.8 Å². The average molecular weight is 295 g/mol. The summed E-state index contributed by atoms with van der Waals surface area (Å²) in [7, 11) is 0. The van der Waals surface area contributed by atoms with Gasteiger partial charge >= 0.3 is 11.5 Å². The molecule has 0 fully saturated rings. The molecule has 104 valence electrons. The largest absolute Gasteiger partial charge is 0.478 e. The van der Waals surface area contributed by atoms with E-state index in [0.717, 1.165) is 0 Å². The Bertz CT molecular complexity index is 712. The zero-order valence-corrected chi connectivity index (χ0v) is 11.3. The number of halogens is 1. The Morgan fingerprint density at radius 2 is 2.25 bits per heavy atom. The zero-order valence-electron chi connectivity index (χ0n) is 10.5. The number of carboxylic acids is 1. The van der Waals surface area contributed by atoms with Gasteiger partial charge in [-0.15, -0.1) is 0 Å². The first kappa shape index (κ1) is 14.1. The van der Waals surface area contributed by atoms with Crippen LogP contribution in [-0.4, -0.2) is 20.6 Å². The van der Waals surface area contributed by atoms with Crippen LogP contribution in [0.1, 0.15) is 17.3 Å². The van der Waals surface area contributed by atoms with E-state index >= 15 is 0 Å². The van der Waals surface area contributed by atoms with Gasteiger partial charge in [0, 0.05) is 18.9 Å². The molecule has 1 aromatic carbocycles. The standard InChI is InChI=1S/C13H11ClN2O4/c1-2-16-6-5-15-11(12(16)17)20-8-3-4-10(14)9(7-8)13(18)19/h3-7H,2H2,1H3,(H,18,19). The normalized spacial score (nSPS) is 10.3. The fraction of sp³-hybridized carbons (Fsp3) is 0.154. The molecule has 0 amide bonds. The van der Waals surface area contributed by atoms with Crippen LogP contribution in [0.2, 0.25) is 5.02 Å². The van der Waals surface area contributed by atoms with Crippen molar-refractivity contribution in [3.63, 3.8) is 0 Å². The van der Waals surface area contributed by atoms with Crippen LogP contribution in [0.25, 0.3) is 0 Å². The van der Waals surface area contributed by atoms with Crippen LogP contribution in [0, 0.1) is 0 Å². The predicted octanol–water partition coefficient (Wildman–Crippen LogP) is 2.41. The molecule has 1 aromatic heterocycles. The van der Waals surface area contributed by atoms with Crippen LogP contribution in [0.15, 0.2) is 35.4 Å². The Balaban J connectivity index is 2.38. The minimum absolute atomic E-state index is 0.0943. The molecule has 0 saturated heterocycles. The molecule has 0 unspecified atom stereocenters. The van der Waals surface area contributed by atoms with E-state index in [0.29, 0.717) is 6.54 Å². The Kier molecular flexibility index (Phi) is 4.05. The van der Waals surface area contributed by atoms with Gasteiger partial charge in [0.2, 0.25) is 0 Å². The second kappa shape index (κ2) is 5.75. The maximum absolute atomic E-state index is 11.9. The van der Waals surface area contributed by atoms with E-state index in [1.165, 1.54) is 29.0 Å². The second-order valence-electron chi connectivity index (χ2n) is 3.87. The lowest BCUT2D eigenvalue weighted by atomic mass is 10.2. The van der Waals surface area contributed by atoms with E-state index in [9.17, 15) is 9.59 Å². The number of carboxylic acid groups (broad SMARTS) is 1. The molecule has 0 atom stereocenters. The highest BCUT2D eigenvalue weighted by Gasteiger charge is 2.12. The van der Waals surface area contributed by atoms with Crippen LogP contribution in [0.5, 0.6) is 11.6 Å². The second-order valence-corrected chi connectivity index (χ2v) is 4.28. The summed E-state index contributed by atoms with van der Waals surface area (Å²) in [5.41, 5.74) is -0.488. The molecule has 0 aliphatic carbocycles. The highest BCUT2D eigenvalue weighted by molar-refractivity contribution is 6.33. The Morgan fingerprint density at radius 1 is 1.50 bits per heavy atom. The number of nitrogens with zero attached hydrogens (tertiary/aromatic N) is 2. The highest BCUT2D eigenvalue weighted by Crippen LogP contribution is 2.24. The molecule has 0 radical (unpaired) electrons. The number of hydrogen-bond acceptors (Lipinski definition) is 4. The molecule has 0 aliphatic rings. The fourth-order valence-corrected chi connectivity index (χ4v) is 1.79. The summed E-state index contributed by atoms with van der Waals surface area (Å²) >= 11 is 5.76. The summed E-state index contributed by atoms with van der Waals surface area (Å²) in [4.78, 5) is 26.7. The minimum atomic E-state index is -1.17. The van der Waals surface area contributed by atoms with Gasteiger partial charge in [-0.05, 0) is 25.1 Å². The van der Waals surface area contributed by atoms with Crippen molar-refractivity contribution in [2.45, 2.75) is 13.5 Å². The molecule has 2 rings (SSSR count). The van der Waals surface area contributed by atoms with E-state index < -0.39 is 5.97 Å². The smallest absolute Gasteiger partial charge is 0.337 e. The van der Waals surface area contributed by atoms with E-state index in [1.807, 2.05) is 6.92 Å². The lowest BCUT2D eigenvalue weighted by Gasteiger charge is -2.07. The number of rotatable bonds is 4. The van der Waals surface area contributed by atoms with Gasteiger partial charge in [-0.2, -0.15) is 0 Å². The maximum atomic E-state index is 11.9. The minimum Gasteiger partial charge on any atom is -0.478 e. The zero-order chi connectivity index (χ0) is 14.7. The Hall–Kier alpha value is -2.34. The summed E-state index contributed by atoms with van der Waals surface area (Å²) in [5.74, 6) is -1.11. The van der Waals surface area contributed by atoms with Crippen molar-refractivity contribution in [3.8, 4) is 11.6 Å². The first-order valence-electron chi connectivity index (χ1n) is 5.79. The molecule has 6 nitrogen and oxygen atoms in total. The number of carbonyl (C=O) groups is 1. The van der Waals surface area contributed by atoms with Crippen LogP contribution < -0.4 is 10.3 Å². The summed E-state index contributed by atoms with van der Waals surface area (Å²) in [5, 5.41) is 9.07. The van der Waals surface area contributed by atoms with Crippen LogP contribution in [-0.2, 0) is 6.54 Å². The van der Waals surface area contributed by atoms with Crippen molar-refractivity contribution in [2.75, 3.05) is 0 Å². The Morgan fingerprint density at radius 3 is 2.90 bits per heavy atom. The van der Waals surface area contributed by atoms with Crippen LogP contribution >= 0.6 is 11.6 Å². The van der Waals surface area contributed by atoms with Crippen LogP contribution in [0.4, 0.5) is 0 Å². The molecule has 1 N–H and O–H groups in total. The van der Waals surface area contributed by atoms with Gasteiger partial charge in [0.05, 0.1) is 10.6 Å². The van der Waals surface area contributed by atoms with Gasteiger partial charge in [0.1, 0.15) is 5.75 Å². The molecule has 0 aliphatic heterocycles. The molecule has 0 bridgehead atoms. The molecule has 20 heavy (non-hydrogen) atoms. The first-order valence-corrected chi connectivity index (χ1v) is 6.17. The van der Waals surface area contributed by atoms with Gasteiger partial charge in [-0.25, -0.2) is 9.78 Å². The van der Waals surface area contributed by atoms with E-state index in [4.69, 9.17) is 21.4 Å². The van der Waals surface area contributed by atoms with Gasteiger partial charge < -0.3 is 14.4 Å². The molecule has 1 heterocycles. The number of aryl methyl sites for hydroxylation is 1. The topological polar surface area (TPSA) is 81.4 Å². The van der Waals surface area contributed by atoms with Gasteiger partial charge in [0.25, 0.3) is 5.88 Å². The van der Waals surface area contributed by atoms with Gasteiger partial charge in [-0.1, -0.05) is 11.6 Å². The molecular formula is C13H11ClN2O4. The van der Waals surface area contributed by atoms with E-state index in [2.05, 4.69) is 4.98 Å².